The average Bonchev–Trinajstić information content (AvgIpc) is 3.22. The molecule has 4 aromatic rings. The molecule has 7 nitrogen and oxygen atoms in total. The number of ether oxygens (including phenoxy) is 1. The number of hydrogen-bond acceptors (Lipinski definition) is 5. The largest absolute Gasteiger partial charge is 0.481 e. The molecule has 0 spiro atoms. The minimum Gasteiger partial charge on any atom is -0.481 e. The number of nitrogens with one attached hydrogen (secondary N) is 1. The number of fused-ring (bicyclic) bond motifs is 3. The van der Waals surface area contributed by atoms with E-state index in [-0.39, 0.29) is 6.42 Å². The first-order chi connectivity index (χ1) is 17.8. The first-order valence-corrected chi connectivity index (χ1v) is 12.3. The number of halogens is 1. The van der Waals surface area contributed by atoms with Gasteiger partial charge in [0.2, 0.25) is 0 Å². The van der Waals surface area contributed by atoms with E-state index >= 15 is 0 Å². The molecule has 8 heteroatoms. The molecule has 1 atom stereocenters. The van der Waals surface area contributed by atoms with Gasteiger partial charge in [0.05, 0.1) is 6.42 Å². The molecule has 1 aliphatic carbocycles. The Hall–Kier alpha value is -4.10. The summed E-state index contributed by atoms with van der Waals surface area (Å²) in [7, 11) is 0. The lowest BCUT2D eigenvalue weighted by Crippen LogP contribution is -2.17. The molecule has 37 heavy (non-hydrogen) atoms. The molecule has 1 unspecified atom stereocenters. The normalized spacial score (nSPS) is 12.8. The Morgan fingerprint density at radius 1 is 1.08 bits per heavy atom. The maximum atomic E-state index is 12.7. The summed E-state index contributed by atoms with van der Waals surface area (Å²) in [6.45, 7) is 3.49. The highest BCUT2D eigenvalue weighted by molar-refractivity contribution is 6.31. The molecule has 0 saturated carbocycles. The van der Waals surface area contributed by atoms with Gasteiger partial charge in [-0.05, 0) is 66.6 Å². The van der Waals surface area contributed by atoms with Crippen LogP contribution in [0, 0.1) is 6.92 Å². The molecule has 1 heterocycles. The van der Waals surface area contributed by atoms with Crippen molar-refractivity contribution in [1.82, 2.24) is 5.16 Å². The third kappa shape index (κ3) is 5.08. The monoisotopic (exact) mass is 516 g/mol. The van der Waals surface area contributed by atoms with Gasteiger partial charge < -0.3 is 14.4 Å². The summed E-state index contributed by atoms with van der Waals surface area (Å²) in [5.74, 6) is -0.373. The molecule has 0 saturated heterocycles. The summed E-state index contributed by atoms with van der Waals surface area (Å²) >= 11 is 6.23. The number of aryl methyl sites for hydroxylation is 3. The van der Waals surface area contributed by atoms with Crippen molar-refractivity contribution in [2.24, 2.45) is 0 Å². The third-order valence-electron chi connectivity index (χ3n) is 6.57. The molecule has 0 bridgehead atoms. The van der Waals surface area contributed by atoms with Gasteiger partial charge in [-0.1, -0.05) is 65.3 Å². The van der Waals surface area contributed by atoms with Gasteiger partial charge in [0.15, 0.2) is 5.76 Å². The summed E-state index contributed by atoms with van der Waals surface area (Å²) in [5.41, 5.74) is 7.81. The van der Waals surface area contributed by atoms with Crippen LogP contribution in [0.1, 0.15) is 41.0 Å². The number of carboxylic acids is 1. The fraction of sp³-hybridized carbons (Fsp3) is 0.207. The fourth-order valence-electron chi connectivity index (χ4n) is 4.76. The first kappa shape index (κ1) is 24.6. The zero-order chi connectivity index (χ0) is 26.1. The minimum absolute atomic E-state index is 0.0139. The number of aromatic nitrogens is 1. The van der Waals surface area contributed by atoms with Crippen LogP contribution in [0.15, 0.2) is 65.2 Å². The van der Waals surface area contributed by atoms with Crippen molar-refractivity contribution in [1.29, 1.82) is 0 Å². The van der Waals surface area contributed by atoms with Gasteiger partial charge in [-0.25, -0.2) is 4.79 Å². The lowest BCUT2D eigenvalue weighted by Gasteiger charge is -2.21. The Labute approximate surface area is 219 Å². The van der Waals surface area contributed by atoms with Gasteiger partial charge in [-0.2, -0.15) is 0 Å². The number of anilines is 1. The third-order valence-corrected chi connectivity index (χ3v) is 6.92. The molecule has 5 rings (SSSR count). The Morgan fingerprint density at radius 2 is 1.78 bits per heavy atom. The Bertz CT molecular complexity index is 1510. The fourth-order valence-corrected chi connectivity index (χ4v) is 5.05. The number of carbonyl (C=O) groups excluding carboxylic acids is 1. The SMILES string of the molecule is Cc1onc(-c2ccc3c(c2)CCc2cc(CC(=O)O)ccc2-3)c1NC(=O)OC(C)c1ccccc1Cl. The van der Waals surface area contributed by atoms with Crippen molar-refractivity contribution in [2.75, 3.05) is 5.32 Å². The van der Waals surface area contributed by atoms with E-state index in [1.165, 1.54) is 0 Å². The summed E-state index contributed by atoms with van der Waals surface area (Å²) < 4.78 is 11.0. The highest BCUT2D eigenvalue weighted by Crippen LogP contribution is 2.38. The predicted octanol–water partition coefficient (Wildman–Crippen LogP) is 7.01. The molecule has 0 aliphatic heterocycles. The number of carboxylic acid groups (broad SMARTS) is 1. The van der Waals surface area contributed by atoms with E-state index in [0.717, 1.165) is 46.2 Å². The molecule has 2 N–H and O–H groups in total. The van der Waals surface area contributed by atoms with Crippen molar-refractivity contribution in [3.8, 4) is 22.4 Å². The van der Waals surface area contributed by atoms with Crippen LogP contribution in [-0.4, -0.2) is 22.3 Å². The Kier molecular flexibility index (Phi) is 6.72. The van der Waals surface area contributed by atoms with Crippen LogP contribution in [0.5, 0.6) is 0 Å². The lowest BCUT2D eigenvalue weighted by atomic mass is 9.83. The molecule has 1 amide bonds. The summed E-state index contributed by atoms with van der Waals surface area (Å²) in [5, 5.41) is 16.6. The van der Waals surface area contributed by atoms with Gasteiger partial charge in [0, 0.05) is 16.1 Å². The highest BCUT2D eigenvalue weighted by Gasteiger charge is 2.23. The van der Waals surface area contributed by atoms with Gasteiger partial charge in [-0.15, -0.1) is 0 Å². The summed E-state index contributed by atoms with van der Waals surface area (Å²) in [4.78, 5) is 23.8. The molecule has 3 aromatic carbocycles. The van der Waals surface area contributed by atoms with Crippen molar-refractivity contribution in [3.63, 3.8) is 0 Å². The molecular formula is C29H25ClN2O5. The number of aliphatic carboxylic acids is 1. The van der Waals surface area contributed by atoms with E-state index < -0.39 is 18.2 Å². The zero-order valence-electron chi connectivity index (χ0n) is 20.4. The van der Waals surface area contributed by atoms with E-state index in [2.05, 4.69) is 16.5 Å². The quantitative estimate of drug-likeness (QED) is 0.286. The molecule has 0 fully saturated rings. The number of amides is 1. The standard InChI is InChI=1S/C29H25ClN2O5/c1-16(22-5-3-4-6-25(22)30)36-29(35)31-27-17(2)37-32-28(27)21-10-12-24-20(15-21)9-8-19-13-18(14-26(33)34)7-11-23(19)24/h3-7,10-13,15-16H,8-9,14H2,1-2H3,(H,31,35)(H,33,34). The maximum absolute atomic E-state index is 12.7. The van der Waals surface area contributed by atoms with Gasteiger partial charge in [-0.3, -0.25) is 10.1 Å². The van der Waals surface area contributed by atoms with E-state index in [0.29, 0.717) is 27.7 Å². The molecule has 0 radical (unpaired) electrons. The van der Waals surface area contributed by atoms with Crippen LogP contribution < -0.4 is 5.32 Å². The van der Waals surface area contributed by atoms with E-state index in [9.17, 15) is 9.59 Å². The molecular weight excluding hydrogens is 492 g/mol. The zero-order valence-corrected chi connectivity index (χ0v) is 21.1. The Morgan fingerprint density at radius 3 is 2.51 bits per heavy atom. The summed E-state index contributed by atoms with van der Waals surface area (Å²) in [6.07, 6.45) is 0.458. The number of nitrogens with zero attached hydrogens (tertiary/aromatic N) is 1. The van der Waals surface area contributed by atoms with Crippen molar-refractivity contribution in [3.05, 3.63) is 93.7 Å². The Balaban J connectivity index is 1.37. The number of hydrogen-bond donors (Lipinski definition) is 2. The van der Waals surface area contributed by atoms with E-state index in [1.807, 2.05) is 48.5 Å². The van der Waals surface area contributed by atoms with Crippen LogP contribution in [0.3, 0.4) is 0 Å². The smallest absolute Gasteiger partial charge is 0.412 e. The summed E-state index contributed by atoms with van der Waals surface area (Å²) in [6, 6.07) is 19.1. The van der Waals surface area contributed by atoms with Crippen LogP contribution in [0.2, 0.25) is 5.02 Å². The molecule has 1 aliphatic rings. The van der Waals surface area contributed by atoms with E-state index in [4.69, 9.17) is 26.0 Å². The number of rotatable bonds is 6. The van der Waals surface area contributed by atoms with Gasteiger partial charge in [0.1, 0.15) is 17.5 Å². The van der Waals surface area contributed by atoms with Crippen molar-refractivity contribution in [2.45, 2.75) is 39.2 Å². The first-order valence-electron chi connectivity index (χ1n) is 12.0. The lowest BCUT2D eigenvalue weighted by molar-refractivity contribution is -0.136. The predicted molar refractivity (Wildman–Crippen MR) is 141 cm³/mol. The second kappa shape index (κ2) is 10.1. The second-order valence-corrected chi connectivity index (χ2v) is 9.50. The van der Waals surface area contributed by atoms with Crippen LogP contribution in [0.4, 0.5) is 10.5 Å². The highest BCUT2D eigenvalue weighted by atomic mass is 35.5. The van der Waals surface area contributed by atoms with Crippen molar-refractivity contribution >= 4 is 29.4 Å². The van der Waals surface area contributed by atoms with Crippen molar-refractivity contribution < 1.29 is 24.0 Å². The topological polar surface area (TPSA) is 102 Å². The molecule has 188 valence electrons. The maximum Gasteiger partial charge on any atom is 0.412 e. The van der Waals surface area contributed by atoms with Crippen LogP contribution >= 0.6 is 11.6 Å². The minimum atomic E-state index is -0.838. The van der Waals surface area contributed by atoms with Gasteiger partial charge >= 0.3 is 12.1 Å². The number of carbonyl (C=O) groups is 2. The average molecular weight is 517 g/mol. The van der Waals surface area contributed by atoms with E-state index in [1.54, 1.807) is 19.9 Å². The molecule has 1 aromatic heterocycles. The van der Waals surface area contributed by atoms with Gasteiger partial charge in [0.25, 0.3) is 0 Å². The van der Waals surface area contributed by atoms with Crippen LogP contribution in [-0.2, 0) is 28.8 Å². The second-order valence-electron chi connectivity index (χ2n) is 9.09. The van der Waals surface area contributed by atoms with Crippen LogP contribution in [0.25, 0.3) is 22.4 Å². The number of benzene rings is 3.